The van der Waals surface area contributed by atoms with Gasteiger partial charge in [0, 0.05) is 34.1 Å². The van der Waals surface area contributed by atoms with Crippen molar-refractivity contribution in [3.05, 3.63) is 81.4 Å². The lowest BCUT2D eigenvalue weighted by atomic mass is 10.2. The van der Waals surface area contributed by atoms with E-state index >= 15 is 0 Å². The Bertz CT molecular complexity index is 1120. The maximum absolute atomic E-state index is 12.8. The van der Waals surface area contributed by atoms with Gasteiger partial charge in [0.1, 0.15) is 13.2 Å². The summed E-state index contributed by atoms with van der Waals surface area (Å²) in [5.74, 6) is 0.649. The molecule has 0 fully saturated rings. The molecule has 7 nitrogen and oxygen atoms in total. The Morgan fingerprint density at radius 3 is 2.40 bits per heavy atom. The molecule has 9 heteroatoms. The molecule has 30 heavy (non-hydrogen) atoms. The molecule has 0 radical (unpaired) electrons. The number of benzene rings is 3. The van der Waals surface area contributed by atoms with Crippen molar-refractivity contribution in [2.75, 3.05) is 18.5 Å². The number of non-ortho nitro benzene ring substituents is 1. The molecule has 3 aromatic carbocycles. The van der Waals surface area contributed by atoms with Crippen LogP contribution in [0.2, 0.25) is 5.02 Å². The number of nitrogens with one attached hydrogen (secondary N) is 1. The molecule has 0 aliphatic carbocycles. The van der Waals surface area contributed by atoms with Crippen LogP contribution in [0.1, 0.15) is 10.4 Å². The number of carbonyl (C=O) groups excluding carboxylic acids is 1. The third-order valence-electron chi connectivity index (χ3n) is 4.27. The van der Waals surface area contributed by atoms with Gasteiger partial charge in [0.05, 0.1) is 21.2 Å². The zero-order valence-corrected chi connectivity index (χ0v) is 17.0. The fraction of sp³-hybridized carbons (Fsp3) is 0.0952. The number of nitro benzene ring substituents is 1. The molecule has 0 saturated heterocycles. The predicted molar refractivity (Wildman–Crippen MR) is 114 cm³/mol. The van der Waals surface area contributed by atoms with E-state index in [1.165, 1.54) is 23.9 Å². The van der Waals surface area contributed by atoms with Crippen LogP contribution in [0.15, 0.2) is 70.5 Å². The number of halogens is 1. The van der Waals surface area contributed by atoms with Crippen LogP contribution in [0.3, 0.4) is 0 Å². The first-order valence-corrected chi connectivity index (χ1v) is 10.1. The van der Waals surface area contributed by atoms with Gasteiger partial charge >= 0.3 is 0 Å². The number of fused-ring (bicyclic) bond motifs is 1. The van der Waals surface area contributed by atoms with Gasteiger partial charge in [-0.1, -0.05) is 41.6 Å². The van der Waals surface area contributed by atoms with Crippen molar-refractivity contribution in [2.45, 2.75) is 9.79 Å². The van der Waals surface area contributed by atoms with E-state index in [1.807, 2.05) is 36.4 Å². The highest BCUT2D eigenvalue weighted by molar-refractivity contribution is 7.99. The van der Waals surface area contributed by atoms with E-state index in [-0.39, 0.29) is 16.3 Å². The lowest BCUT2D eigenvalue weighted by molar-refractivity contribution is -0.384. The SMILES string of the molecule is O=C(Nc1cc2c(cc1Sc1ccccc1)OCCO2)c1ccc([N+](=O)[O-])cc1Cl. The summed E-state index contributed by atoms with van der Waals surface area (Å²) < 4.78 is 11.3. The Labute approximate surface area is 181 Å². The molecular weight excluding hydrogens is 428 g/mol. The lowest BCUT2D eigenvalue weighted by Crippen LogP contribution is -2.17. The summed E-state index contributed by atoms with van der Waals surface area (Å²) in [6, 6.07) is 16.9. The van der Waals surface area contributed by atoms with Gasteiger partial charge in [0.25, 0.3) is 11.6 Å². The van der Waals surface area contributed by atoms with Gasteiger partial charge in [0.15, 0.2) is 11.5 Å². The minimum Gasteiger partial charge on any atom is -0.486 e. The first kappa shape index (κ1) is 20.1. The van der Waals surface area contributed by atoms with Crippen molar-refractivity contribution in [1.29, 1.82) is 0 Å². The van der Waals surface area contributed by atoms with Crippen LogP contribution < -0.4 is 14.8 Å². The highest BCUT2D eigenvalue weighted by Crippen LogP contribution is 2.42. The summed E-state index contributed by atoms with van der Waals surface area (Å²) in [5.41, 5.74) is 0.469. The van der Waals surface area contributed by atoms with Gasteiger partial charge in [-0.05, 0) is 18.2 Å². The van der Waals surface area contributed by atoms with Crippen LogP contribution in [0.4, 0.5) is 11.4 Å². The second-order valence-electron chi connectivity index (χ2n) is 6.28. The van der Waals surface area contributed by atoms with Gasteiger partial charge < -0.3 is 14.8 Å². The number of nitro groups is 1. The number of nitrogens with zero attached hydrogens (tertiary/aromatic N) is 1. The van der Waals surface area contributed by atoms with E-state index in [4.69, 9.17) is 21.1 Å². The molecule has 0 spiro atoms. The van der Waals surface area contributed by atoms with E-state index in [0.29, 0.717) is 30.4 Å². The summed E-state index contributed by atoms with van der Waals surface area (Å²) >= 11 is 7.57. The second-order valence-corrected chi connectivity index (χ2v) is 7.81. The van der Waals surface area contributed by atoms with E-state index < -0.39 is 10.8 Å². The predicted octanol–water partition coefficient (Wildman–Crippen LogP) is 5.42. The number of hydrogen-bond acceptors (Lipinski definition) is 6. The summed E-state index contributed by atoms with van der Waals surface area (Å²) in [7, 11) is 0. The first-order chi connectivity index (χ1) is 14.5. The summed E-state index contributed by atoms with van der Waals surface area (Å²) in [5, 5.41) is 13.7. The number of ether oxygens (including phenoxy) is 2. The number of carbonyl (C=O) groups is 1. The topological polar surface area (TPSA) is 90.7 Å². The van der Waals surface area contributed by atoms with Crippen molar-refractivity contribution in [3.8, 4) is 11.5 Å². The zero-order chi connectivity index (χ0) is 21.1. The average molecular weight is 443 g/mol. The molecule has 1 aliphatic heterocycles. The Kier molecular flexibility index (Phi) is 5.78. The van der Waals surface area contributed by atoms with Crippen molar-refractivity contribution < 1.29 is 19.2 Å². The van der Waals surface area contributed by atoms with Crippen LogP contribution in [0.5, 0.6) is 11.5 Å². The van der Waals surface area contributed by atoms with Gasteiger partial charge in [-0.3, -0.25) is 14.9 Å². The quantitative estimate of drug-likeness (QED) is 0.419. The van der Waals surface area contributed by atoms with E-state index in [1.54, 1.807) is 6.07 Å². The van der Waals surface area contributed by atoms with Crippen molar-refractivity contribution in [3.63, 3.8) is 0 Å². The van der Waals surface area contributed by atoms with Crippen LogP contribution in [0.25, 0.3) is 0 Å². The zero-order valence-electron chi connectivity index (χ0n) is 15.5. The monoisotopic (exact) mass is 442 g/mol. The third-order valence-corrected chi connectivity index (χ3v) is 5.65. The molecule has 0 saturated carbocycles. The molecule has 0 aromatic heterocycles. The fourth-order valence-electron chi connectivity index (χ4n) is 2.86. The molecule has 152 valence electrons. The van der Waals surface area contributed by atoms with Gasteiger partial charge in [-0.25, -0.2) is 0 Å². The second kappa shape index (κ2) is 8.64. The number of hydrogen-bond donors (Lipinski definition) is 1. The Balaban J connectivity index is 1.67. The Morgan fingerprint density at radius 2 is 1.73 bits per heavy atom. The highest BCUT2D eigenvalue weighted by Gasteiger charge is 2.20. The van der Waals surface area contributed by atoms with Crippen molar-refractivity contribution in [1.82, 2.24) is 0 Å². The minimum atomic E-state index is -0.566. The standard InChI is InChI=1S/C21H15ClN2O5S/c22-16-10-13(24(26)27)6-7-15(16)21(25)23-17-11-18-19(29-9-8-28-18)12-20(17)30-14-4-2-1-3-5-14/h1-7,10-12H,8-9H2,(H,23,25). The molecule has 1 heterocycles. The normalized spacial score (nSPS) is 12.3. The lowest BCUT2D eigenvalue weighted by Gasteiger charge is -2.21. The fourth-order valence-corrected chi connectivity index (χ4v) is 4.05. The smallest absolute Gasteiger partial charge is 0.270 e. The highest BCUT2D eigenvalue weighted by atomic mass is 35.5. The maximum atomic E-state index is 12.8. The Hall–Kier alpha value is -3.23. The maximum Gasteiger partial charge on any atom is 0.270 e. The summed E-state index contributed by atoms with van der Waals surface area (Å²) in [6.45, 7) is 0.867. The largest absolute Gasteiger partial charge is 0.486 e. The van der Waals surface area contributed by atoms with Gasteiger partial charge in [-0.2, -0.15) is 0 Å². The van der Waals surface area contributed by atoms with Crippen LogP contribution in [-0.4, -0.2) is 24.0 Å². The van der Waals surface area contributed by atoms with Gasteiger partial charge in [-0.15, -0.1) is 0 Å². The molecule has 1 N–H and O–H groups in total. The number of anilines is 1. The van der Waals surface area contributed by atoms with Crippen LogP contribution in [-0.2, 0) is 0 Å². The molecule has 0 bridgehead atoms. The Morgan fingerprint density at radius 1 is 1.03 bits per heavy atom. The molecule has 4 rings (SSSR count). The summed E-state index contributed by atoms with van der Waals surface area (Å²) in [4.78, 5) is 24.9. The van der Waals surface area contributed by atoms with Crippen molar-refractivity contribution in [2.24, 2.45) is 0 Å². The number of amides is 1. The summed E-state index contributed by atoms with van der Waals surface area (Å²) in [6.07, 6.45) is 0. The first-order valence-electron chi connectivity index (χ1n) is 8.93. The number of rotatable bonds is 5. The van der Waals surface area contributed by atoms with Gasteiger partial charge in [0.2, 0.25) is 0 Å². The molecule has 0 atom stereocenters. The van der Waals surface area contributed by atoms with E-state index in [9.17, 15) is 14.9 Å². The van der Waals surface area contributed by atoms with E-state index in [0.717, 1.165) is 15.9 Å². The van der Waals surface area contributed by atoms with Crippen LogP contribution in [0, 0.1) is 10.1 Å². The van der Waals surface area contributed by atoms with Crippen molar-refractivity contribution >= 4 is 40.6 Å². The third kappa shape index (κ3) is 4.34. The molecule has 3 aromatic rings. The molecule has 1 aliphatic rings. The van der Waals surface area contributed by atoms with Crippen LogP contribution >= 0.6 is 23.4 Å². The molecule has 0 unspecified atom stereocenters. The molecule has 1 amide bonds. The average Bonchev–Trinajstić information content (AvgIpc) is 2.74. The molecular formula is C21H15ClN2O5S. The van der Waals surface area contributed by atoms with E-state index in [2.05, 4.69) is 5.32 Å². The minimum absolute atomic E-state index is 0.00324.